The van der Waals surface area contributed by atoms with Gasteiger partial charge < -0.3 is 14.3 Å². The number of ether oxygens (including phenoxy) is 1. The van der Waals surface area contributed by atoms with E-state index in [4.69, 9.17) is 25.9 Å². The van der Waals surface area contributed by atoms with E-state index in [1.165, 1.54) is 5.57 Å². The van der Waals surface area contributed by atoms with E-state index >= 15 is 0 Å². The second-order valence-electron chi connectivity index (χ2n) is 19.8. The Morgan fingerprint density at radius 1 is 0.943 bits per heavy atom. The van der Waals surface area contributed by atoms with Gasteiger partial charge in [0, 0.05) is 16.9 Å². The summed E-state index contributed by atoms with van der Waals surface area (Å²) in [6.07, 6.45) is 8.34. The highest BCUT2D eigenvalue weighted by Gasteiger charge is 2.71. The van der Waals surface area contributed by atoms with Gasteiger partial charge in [0.25, 0.3) is 0 Å². The number of aromatic nitrogens is 2. The molecule has 0 amide bonds. The number of aliphatic carboxylic acids is 1. The molecule has 4 fully saturated rings. The fraction of sp³-hybridized carbons (Fsp3) is 0.705. The van der Waals surface area contributed by atoms with E-state index in [-0.39, 0.29) is 51.8 Å². The van der Waals surface area contributed by atoms with Gasteiger partial charge in [0.15, 0.2) is 5.78 Å². The second kappa shape index (κ2) is 12.8. The van der Waals surface area contributed by atoms with Crippen molar-refractivity contribution in [1.29, 1.82) is 0 Å². The number of esters is 1. The molecule has 7 rings (SSSR count). The van der Waals surface area contributed by atoms with Crippen LogP contribution < -0.4 is 0 Å². The van der Waals surface area contributed by atoms with E-state index in [1.807, 2.05) is 24.3 Å². The van der Waals surface area contributed by atoms with Crippen LogP contribution in [0.5, 0.6) is 0 Å². The van der Waals surface area contributed by atoms with Gasteiger partial charge in [0.05, 0.1) is 23.7 Å². The first-order valence-corrected chi connectivity index (χ1v) is 20.4. The van der Waals surface area contributed by atoms with Gasteiger partial charge in [-0.25, -0.2) is 0 Å². The summed E-state index contributed by atoms with van der Waals surface area (Å²) in [5.41, 5.74) is 1.46. The predicted octanol–water partition coefficient (Wildman–Crippen LogP) is 9.96. The lowest BCUT2D eigenvalue weighted by atomic mass is 9.33. The molecule has 4 saturated carbocycles. The van der Waals surface area contributed by atoms with Gasteiger partial charge in [-0.1, -0.05) is 72.2 Å². The Morgan fingerprint density at radius 2 is 1.64 bits per heavy atom. The zero-order chi connectivity index (χ0) is 38.5. The zero-order valence-corrected chi connectivity index (χ0v) is 34.0. The summed E-state index contributed by atoms with van der Waals surface area (Å²) < 4.78 is 12.7. The Labute approximate surface area is 320 Å². The number of allylic oxidation sites excluding steroid dienone is 2. The number of hydrogen-bond acceptors (Lipinski definition) is 7. The quantitative estimate of drug-likeness (QED) is 0.265. The van der Waals surface area contributed by atoms with Crippen molar-refractivity contribution < 1.29 is 28.6 Å². The first kappa shape index (κ1) is 38.3. The highest BCUT2D eigenvalue weighted by Crippen LogP contribution is 2.76. The van der Waals surface area contributed by atoms with E-state index in [2.05, 4.69) is 53.6 Å². The molecule has 8 nitrogen and oxygen atoms in total. The summed E-state index contributed by atoms with van der Waals surface area (Å²) >= 11 is 6.13. The van der Waals surface area contributed by atoms with Gasteiger partial charge in [0.1, 0.15) is 6.10 Å². The third kappa shape index (κ3) is 5.77. The summed E-state index contributed by atoms with van der Waals surface area (Å²) in [7, 11) is 0. The van der Waals surface area contributed by atoms with Crippen LogP contribution in [0.2, 0.25) is 5.02 Å². The Hall–Kier alpha value is -3.00. The number of benzene rings is 1. The van der Waals surface area contributed by atoms with Crippen molar-refractivity contribution in [2.24, 2.45) is 50.7 Å². The van der Waals surface area contributed by atoms with E-state index in [0.29, 0.717) is 41.5 Å². The molecule has 0 aliphatic heterocycles. The van der Waals surface area contributed by atoms with Crippen LogP contribution >= 0.6 is 11.6 Å². The minimum absolute atomic E-state index is 0.0183. The van der Waals surface area contributed by atoms with Crippen molar-refractivity contribution >= 4 is 29.3 Å². The number of ketones is 1. The number of rotatable bonds is 8. The standard InChI is InChI=1S/C44H59ClN2O6/c1-25(2)35-29(48)23-44(37-47-46-33(53-37)22-26-10-12-27(45)13-11-26)21-20-42(8)28(36(35)44)14-15-31-41(7)18-17-32(52-34(49)24-39(3,4)38(50)51)40(5,6)30(41)16-19-43(31,42)9/h10-13,25,28,30-32H,14-24H2,1-9H3,(H,50,51)/t28-,30+,31-,32?,41+,42-,43?,44-/m1/s1. The number of carbonyl (C=O) groups is 3. The minimum atomic E-state index is -1.17. The fourth-order valence-corrected chi connectivity index (χ4v) is 13.1. The summed E-state index contributed by atoms with van der Waals surface area (Å²) in [4.78, 5) is 39.0. The second-order valence-corrected chi connectivity index (χ2v) is 20.2. The maximum atomic E-state index is 14.1. The normalized spacial score (nSPS) is 36.4. The highest BCUT2D eigenvalue weighted by molar-refractivity contribution is 6.30. The molecule has 1 aromatic heterocycles. The number of fused-ring (bicyclic) bond motifs is 7. The van der Waals surface area contributed by atoms with Crippen LogP contribution in [-0.2, 0) is 31.0 Å². The van der Waals surface area contributed by atoms with Crippen molar-refractivity contribution in [2.75, 3.05) is 0 Å². The average Bonchev–Trinajstić information content (AvgIpc) is 3.66. The van der Waals surface area contributed by atoms with E-state index in [9.17, 15) is 19.5 Å². The first-order chi connectivity index (χ1) is 24.7. The lowest BCUT2D eigenvalue weighted by molar-refractivity contribution is -0.232. The SMILES string of the molecule is CC(C)C1=C2[C@H]3CC[C@H]4C(C)(CC[C@H]5C(C)(C)C(OC(=O)CC(C)(C)C(=O)O)CC[C@@]54C)[C@]3(C)CC[C@@]2(c2nnc(Cc3ccc(Cl)cc3)o2)CC1=O. The molecule has 0 bridgehead atoms. The van der Waals surface area contributed by atoms with Gasteiger partial charge in [-0.05, 0) is 134 Å². The molecule has 0 radical (unpaired) electrons. The number of nitrogens with zero attached hydrogens (tertiary/aromatic N) is 2. The van der Waals surface area contributed by atoms with Gasteiger partial charge in [0.2, 0.25) is 11.8 Å². The van der Waals surface area contributed by atoms with Crippen LogP contribution in [0.1, 0.15) is 144 Å². The molecule has 8 atom stereocenters. The molecule has 1 aromatic carbocycles. The van der Waals surface area contributed by atoms with E-state index in [1.54, 1.807) is 13.8 Å². The molecule has 1 heterocycles. The number of carbonyl (C=O) groups excluding carboxylic acids is 2. The number of carboxylic acid groups (broad SMARTS) is 1. The Kier molecular flexibility index (Phi) is 9.23. The molecule has 2 unspecified atom stereocenters. The van der Waals surface area contributed by atoms with Gasteiger partial charge >= 0.3 is 11.9 Å². The van der Waals surface area contributed by atoms with Gasteiger partial charge in [-0.2, -0.15) is 0 Å². The van der Waals surface area contributed by atoms with Crippen molar-refractivity contribution in [3.8, 4) is 0 Å². The van der Waals surface area contributed by atoms with E-state index in [0.717, 1.165) is 62.5 Å². The number of hydrogen-bond donors (Lipinski definition) is 1. The molecule has 5 aliphatic rings. The van der Waals surface area contributed by atoms with Crippen LogP contribution in [0, 0.1) is 50.7 Å². The third-order valence-corrected chi connectivity index (χ3v) is 16.2. The first-order valence-electron chi connectivity index (χ1n) is 20.0. The van der Waals surface area contributed by atoms with E-state index < -0.39 is 22.8 Å². The minimum Gasteiger partial charge on any atom is -0.481 e. The molecular weight excluding hydrogens is 688 g/mol. The maximum absolute atomic E-state index is 14.1. The topological polar surface area (TPSA) is 120 Å². The average molecular weight is 747 g/mol. The molecule has 0 spiro atoms. The monoisotopic (exact) mass is 746 g/mol. The van der Waals surface area contributed by atoms with Gasteiger partial charge in [-0.3, -0.25) is 14.4 Å². The summed E-state index contributed by atoms with van der Waals surface area (Å²) in [6, 6.07) is 7.71. The number of halogens is 1. The molecule has 288 valence electrons. The lowest BCUT2D eigenvalue weighted by Gasteiger charge is -2.72. The van der Waals surface area contributed by atoms with Crippen LogP contribution in [0.25, 0.3) is 0 Å². The molecule has 2 aromatic rings. The number of Topliss-reactive ketones (excluding diaryl/α,β-unsaturated/α-hetero) is 1. The van der Waals surface area contributed by atoms with Crippen LogP contribution in [0.15, 0.2) is 39.8 Å². The van der Waals surface area contributed by atoms with Crippen LogP contribution in [-0.4, -0.2) is 39.1 Å². The fourth-order valence-electron chi connectivity index (χ4n) is 13.0. The zero-order valence-electron chi connectivity index (χ0n) is 33.2. The molecule has 9 heteroatoms. The number of carboxylic acids is 1. The largest absolute Gasteiger partial charge is 0.481 e. The molecule has 5 aliphatic carbocycles. The molecule has 53 heavy (non-hydrogen) atoms. The van der Waals surface area contributed by atoms with Crippen LogP contribution in [0.4, 0.5) is 0 Å². The summed E-state index contributed by atoms with van der Waals surface area (Å²) in [6.45, 7) is 19.7. The smallest absolute Gasteiger partial charge is 0.309 e. The molecular formula is C44H59ClN2O6. The molecule has 0 saturated heterocycles. The Balaban J connectivity index is 1.19. The summed E-state index contributed by atoms with van der Waals surface area (Å²) in [5, 5.41) is 19.6. The van der Waals surface area contributed by atoms with Crippen molar-refractivity contribution in [3.63, 3.8) is 0 Å². The van der Waals surface area contributed by atoms with Crippen molar-refractivity contribution in [1.82, 2.24) is 10.2 Å². The molecule has 1 N–H and O–H groups in total. The highest BCUT2D eigenvalue weighted by atomic mass is 35.5. The Morgan fingerprint density at radius 3 is 2.30 bits per heavy atom. The van der Waals surface area contributed by atoms with Crippen LogP contribution in [0.3, 0.4) is 0 Å². The predicted molar refractivity (Wildman–Crippen MR) is 203 cm³/mol. The van der Waals surface area contributed by atoms with Crippen molar-refractivity contribution in [2.45, 2.75) is 144 Å². The maximum Gasteiger partial charge on any atom is 0.309 e. The Bertz CT molecular complexity index is 1840. The van der Waals surface area contributed by atoms with Crippen molar-refractivity contribution in [3.05, 3.63) is 57.8 Å². The lowest BCUT2D eigenvalue weighted by Crippen LogP contribution is -2.66. The summed E-state index contributed by atoms with van der Waals surface area (Å²) in [5.74, 6) is 1.20. The van der Waals surface area contributed by atoms with Gasteiger partial charge in [-0.15, -0.1) is 10.2 Å². The third-order valence-electron chi connectivity index (χ3n) is 16.0.